The standard InChI is InChI=1S/C22H22N2O5S/c1-28-21-9-8-19(30(26,27)24-10-12-29-13-11-24)15-20(21)23-22(25)18-7-6-16-4-2-3-5-17(16)14-18/h2-9,14-15H,10-13H2,1H3,(H,23,25). The van der Waals surface area contributed by atoms with Crippen molar-refractivity contribution in [3.8, 4) is 5.75 Å². The molecule has 0 atom stereocenters. The number of ether oxygens (including phenoxy) is 2. The molecule has 3 aromatic rings. The summed E-state index contributed by atoms with van der Waals surface area (Å²) >= 11 is 0. The van der Waals surface area contributed by atoms with Gasteiger partial charge in [-0.2, -0.15) is 4.31 Å². The van der Waals surface area contributed by atoms with Crippen LogP contribution >= 0.6 is 0 Å². The van der Waals surface area contributed by atoms with Gasteiger partial charge in [-0.15, -0.1) is 0 Å². The molecular formula is C22H22N2O5S. The smallest absolute Gasteiger partial charge is 0.255 e. The second kappa shape index (κ2) is 8.43. The van der Waals surface area contributed by atoms with Gasteiger partial charge in [-0.3, -0.25) is 4.79 Å². The lowest BCUT2D eigenvalue weighted by atomic mass is 10.1. The Morgan fingerprint density at radius 2 is 1.73 bits per heavy atom. The molecule has 1 aliphatic heterocycles. The number of hydrogen-bond donors (Lipinski definition) is 1. The molecule has 0 radical (unpaired) electrons. The van der Waals surface area contributed by atoms with Crippen LogP contribution in [-0.4, -0.2) is 52.0 Å². The minimum absolute atomic E-state index is 0.0963. The molecule has 156 valence electrons. The van der Waals surface area contributed by atoms with Gasteiger partial charge in [-0.25, -0.2) is 8.42 Å². The van der Waals surface area contributed by atoms with Crippen LogP contribution in [0.1, 0.15) is 10.4 Å². The molecular weight excluding hydrogens is 404 g/mol. The number of carbonyl (C=O) groups is 1. The normalized spacial score (nSPS) is 15.1. The Labute approximate surface area is 175 Å². The van der Waals surface area contributed by atoms with Gasteiger partial charge in [0.1, 0.15) is 5.75 Å². The minimum atomic E-state index is -3.69. The molecule has 0 aliphatic carbocycles. The number of fused-ring (bicyclic) bond motifs is 1. The Kier molecular flexibility index (Phi) is 5.72. The zero-order valence-electron chi connectivity index (χ0n) is 16.5. The molecule has 30 heavy (non-hydrogen) atoms. The minimum Gasteiger partial charge on any atom is -0.495 e. The van der Waals surface area contributed by atoms with E-state index in [1.54, 1.807) is 18.2 Å². The quantitative estimate of drug-likeness (QED) is 0.678. The summed E-state index contributed by atoms with van der Waals surface area (Å²) in [5.74, 6) is 0.0324. The van der Waals surface area contributed by atoms with Crippen molar-refractivity contribution in [2.75, 3.05) is 38.7 Å². The summed E-state index contributed by atoms with van der Waals surface area (Å²) in [5, 5.41) is 4.76. The molecule has 1 heterocycles. The second-order valence-corrected chi connectivity index (χ2v) is 8.83. The van der Waals surface area contributed by atoms with Crippen molar-refractivity contribution in [1.29, 1.82) is 0 Å². The molecule has 0 aromatic heterocycles. The fourth-order valence-corrected chi connectivity index (χ4v) is 4.84. The van der Waals surface area contributed by atoms with Crippen LogP contribution in [0.25, 0.3) is 10.8 Å². The third-order valence-electron chi connectivity index (χ3n) is 5.04. The Balaban J connectivity index is 1.63. The number of hydrogen-bond acceptors (Lipinski definition) is 5. The van der Waals surface area contributed by atoms with Gasteiger partial charge in [-0.1, -0.05) is 30.3 Å². The first-order valence-electron chi connectivity index (χ1n) is 9.55. The summed E-state index contributed by atoms with van der Waals surface area (Å²) in [5.41, 5.74) is 0.766. The van der Waals surface area contributed by atoms with Crippen molar-refractivity contribution in [3.05, 3.63) is 66.2 Å². The molecule has 4 rings (SSSR count). The number of rotatable bonds is 5. The highest BCUT2D eigenvalue weighted by molar-refractivity contribution is 7.89. The number of morpholine rings is 1. The molecule has 0 spiro atoms. The number of sulfonamides is 1. The number of nitrogens with zero attached hydrogens (tertiary/aromatic N) is 1. The molecule has 7 nitrogen and oxygen atoms in total. The number of anilines is 1. The maximum atomic E-state index is 13.0. The van der Waals surface area contributed by atoms with Crippen LogP contribution in [0.3, 0.4) is 0 Å². The first-order valence-corrected chi connectivity index (χ1v) is 11.0. The number of benzene rings is 3. The van der Waals surface area contributed by atoms with Gasteiger partial charge in [0.05, 0.1) is 30.9 Å². The van der Waals surface area contributed by atoms with E-state index in [-0.39, 0.29) is 10.8 Å². The predicted molar refractivity (Wildman–Crippen MR) is 114 cm³/mol. The van der Waals surface area contributed by atoms with Crippen molar-refractivity contribution >= 4 is 32.4 Å². The summed E-state index contributed by atoms with van der Waals surface area (Å²) in [6, 6.07) is 17.6. The van der Waals surface area contributed by atoms with Crippen LogP contribution < -0.4 is 10.1 Å². The Hall–Kier alpha value is -2.94. The summed E-state index contributed by atoms with van der Waals surface area (Å²) in [4.78, 5) is 12.9. The van der Waals surface area contributed by atoms with Crippen molar-refractivity contribution in [1.82, 2.24) is 4.31 Å². The predicted octanol–water partition coefficient (Wildman–Crippen LogP) is 3.12. The molecule has 1 aliphatic rings. The highest BCUT2D eigenvalue weighted by Gasteiger charge is 2.27. The third kappa shape index (κ3) is 4.02. The maximum Gasteiger partial charge on any atom is 0.255 e. The summed E-state index contributed by atoms with van der Waals surface area (Å²) in [6.07, 6.45) is 0. The molecule has 1 amide bonds. The molecule has 8 heteroatoms. The fourth-order valence-electron chi connectivity index (χ4n) is 3.41. The van der Waals surface area contributed by atoms with Crippen LogP contribution in [0.5, 0.6) is 5.75 Å². The van der Waals surface area contributed by atoms with E-state index in [1.807, 2.05) is 30.3 Å². The SMILES string of the molecule is COc1ccc(S(=O)(=O)N2CCOCC2)cc1NC(=O)c1ccc2ccccc2c1. The Morgan fingerprint density at radius 1 is 1.00 bits per heavy atom. The van der Waals surface area contributed by atoms with Crippen LogP contribution in [0, 0.1) is 0 Å². The lowest BCUT2D eigenvalue weighted by Crippen LogP contribution is -2.40. The van der Waals surface area contributed by atoms with Gasteiger partial charge in [0.25, 0.3) is 5.91 Å². The largest absolute Gasteiger partial charge is 0.495 e. The van der Waals surface area contributed by atoms with E-state index in [0.717, 1.165) is 10.8 Å². The van der Waals surface area contributed by atoms with E-state index < -0.39 is 10.0 Å². The van der Waals surface area contributed by atoms with Crippen LogP contribution in [0.4, 0.5) is 5.69 Å². The molecule has 1 fully saturated rings. The van der Waals surface area contributed by atoms with Gasteiger partial charge in [0, 0.05) is 18.7 Å². The van der Waals surface area contributed by atoms with Crippen LogP contribution in [0.2, 0.25) is 0 Å². The molecule has 0 unspecified atom stereocenters. The van der Waals surface area contributed by atoms with E-state index >= 15 is 0 Å². The van der Waals surface area contributed by atoms with Crippen molar-refractivity contribution in [2.24, 2.45) is 0 Å². The van der Waals surface area contributed by atoms with Gasteiger partial charge in [-0.05, 0) is 41.1 Å². The molecule has 0 bridgehead atoms. The Bertz CT molecular complexity index is 1190. The number of methoxy groups -OCH3 is 1. The van der Waals surface area contributed by atoms with Crippen molar-refractivity contribution < 1.29 is 22.7 Å². The lowest BCUT2D eigenvalue weighted by molar-refractivity contribution is 0.0730. The van der Waals surface area contributed by atoms with Gasteiger partial charge >= 0.3 is 0 Å². The van der Waals surface area contributed by atoms with E-state index in [9.17, 15) is 13.2 Å². The topological polar surface area (TPSA) is 84.9 Å². The fraction of sp³-hybridized carbons (Fsp3) is 0.227. The van der Waals surface area contributed by atoms with Gasteiger partial charge < -0.3 is 14.8 Å². The zero-order chi connectivity index (χ0) is 21.1. The first kappa shape index (κ1) is 20.3. The molecule has 1 N–H and O–H groups in total. The number of nitrogens with one attached hydrogen (secondary N) is 1. The highest BCUT2D eigenvalue weighted by Crippen LogP contribution is 2.30. The van der Waals surface area contributed by atoms with Gasteiger partial charge in [0.2, 0.25) is 10.0 Å². The first-order chi connectivity index (χ1) is 14.5. The van der Waals surface area contributed by atoms with Crippen molar-refractivity contribution in [2.45, 2.75) is 4.90 Å². The Morgan fingerprint density at radius 3 is 2.47 bits per heavy atom. The van der Waals surface area contributed by atoms with Crippen molar-refractivity contribution in [3.63, 3.8) is 0 Å². The van der Waals surface area contributed by atoms with Crippen LogP contribution in [0.15, 0.2) is 65.6 Å². The van der Waals surface area contributed by atoms with E-state index in [2.05, 4.69) is 5.32 Å². The zero-order valence-corrected chi connectivity index (χ0v) is 17.3. The molecule has 0 saturated carbocycles. The lowest BCUT2D eigenvalue weighted by Gasteiger charge is -2.26. The number of carbonyl (C=O) groups excluding carboxylic acids is 1. The molecule has 1 saturated heterocycles. The van der Waals surface area contributed by atoms with Gasteiger partial charge in [0.15, 0.2) is 0 Å². The second-order valence-electron chi connectivity index (χ2n) is 6.89. The number of amides is 1. The summed E-state index contributed by atoms with van der Waals surface area (Å²) in [6.45, 7) is 1.32. The third-order valence-corrected chi connectivity index (χ3v) is 6.93. The summed E-state index contributed by atoms with van der Waals surface area (Å²) < 4.78 is 37.9. The van der Waals surface area contributed by atoms with Crippen LogP contribution in [-0.2, 0) is 14.8 Å². The van der Waals surface area contributed by atoms with E-state index in [0.29, 0.717) is 43.3 Å². The average molecular weight is 426 g/mol. The molecule has 3 aromatic carbocycles. The summed E-state index contributed by atoms with van der Waals surface area (Å²) in [7, 11) is -2.22. The van der Waals surface area contributed by atoms with E-state index in [1.165, 1.54) is 23.5 Å². The average Bonchev–Trinajstić information content (AvgIpc) is 2.79. The monoisotopic (exact) mass is 426 g/mol. The maximum absolute atomic E-state index is 13.0. The van der Waals surface area contributed by atoms with E-state index in [4.69, 9.17) is 9.47 Å². The highest BCUT2D eigenvalue weighted by atomic mass is 32.2.